The number of carbonyl (C=O) groups excluding carboxylic acids is 1. The molecule has 1 spiro atoms. The molecule has 1 unspecified atom stereocenters. The van der Waals surface area contributed by atoms with Crippen molar-refractivity contribution in [3.05, 3.63) is 35.4 Å². The highest BCUT2D eigenvalue weighted by Gasteiger charge is 2.41. The first-order valence-electron chi connectivity index (χ1n) is 8.67. The van der Waals surface area contributed by atoms with Gasteiger partial charge in [-0.3, -0.25) is 4.79 Å². The number of aliphatic hydroxyl groups excluding tert-OH is 1. The predicted octanol–water partition coefficient (Wildman–Crippen LogP) is 2.06. The Morgan fingerprint density at radius 1 is 1.19 bits per heavy atom. The SMILES string of the molecule is CN1CCC2(CC1)CN(C(=O)C(O)c1ccc(C(F)(F)F)cc1)CCO2. The average molecular weight is 372 g/mol. The standard InChI is InChI=1S/C18H23F3N2O3/c1-22-8-6-17(7-9-22)12-23(10-11-26-17)16(25)15(24)13-2-4-14(5-3-13)18(19,20)21/h2-5,15,24H,6-12H2,1H3. The number of carbonyl (C=O) groups is 1. The molecular formula is C18H23F3N2O3. The Balaban J connectivity index is 1.68. The van der Waals surface area contributed by atoms with E-state index in [1.54, 1.807) is 4.90 Å². The van der Waals surface area contributed by atoms with Gasteiger partial charge in [0.25, 0.3) is 5.91 Å². The van der Waals surface area contributed by atoms with Crippen LogP contribution in [0.15, 0.2) is 24.3 Å². The maximum absolute atomic E-state index is 12.7. The molecule has 2 saturated heterocycles. The molecule has 2 aliphatic rings. The largest absolute Gasteiger partial charge is 0.416 e. The summed E-state index contributed by atoms with van der Waals surface area (Å²) in [5.41, 5.74) is -1.04. The van der Waals surface area contributed by atoms with Crippen molar-refractivity contribution in [3.63, 3.8) is 0 Å². The normalized spacial score (nSPS) is 22.4. The predicted molar refractivity (Wildman–Crippen MR) is 88.4 cm³/mol. The van der Waals surface area contributed by atoms with E-state index in [1.165, 1.54) is 0 Å². The van der Waals surface area contributed by atoms with Gasteiger partial charge in [0.2, 0.25) is 0 Å². The number of halogens is 3. The summed E-state index contributed by atoms with van der Waals surface area (Å²) in [6, 6.07) is 4.06. The van der Waals surface area contributed by atoms with Gasteiger partial charge in [-0.15, -0.1) is 0 Å². The lowest BCUT2D eigenvalue weighted by Crippen LogP contribution is -2.58. The molecule has 0 aromatic heterocycles. The minimum absolute atomic E-state index is 0.159. The van der Waals surface area contributed by atoms with E-state index >= 15 is 0 Å². The van der Waals surface area contributed by atoms with Gasteiger partial charge >= 0.3 is 6.18 Å². The number of benzene rings is 1. The Morgan fingerprint density at radius 3 is 2.38 bits per heavy atom. The van der Waals surface area contributed by atoms with Gasteiger partial charge in [-0.1, -0.05) is 12.1 Å². The Labute approximate surface area is 150 Å². The van der Waals surface area contributed by atoms with Crippen molar-refractivity contribution in [3.8, 4) is 0 Å². The van der Waals surface area contributed by atoms with Gasteiger partial charge in [-0.05, 0) is 37.6 Å². The van der Waals surface area contributed by atoms with Crippen molar-refractivity contribution in [2.45, 2.75) is 30.7 Å². The second-order valence-corrected chi connectivity index (χ2v) is 7.12. The molecule has 0 bridgehead atoms. The molecule has 8 heteroatoms. The van der Waals surface area contributed by atoms with Crippen LogP contribution < -0.4 is 0 Å². The second-order valence-electron chi connectivity index (χ2n) is 7.12. The van der Waals surface area contributed by atoms with Crippen molar-refractivity contribution in [1.29, 1.82) is 0 Å². The monoisotopic (exact) mass is 372 g/mol. The third-order valence-corrected chi connectivity index (χ3v) is 5.25. The highest BCUT2D eigenvalue weighted by molar-refractivity contribution is 5.82. The van der Waals surface area contributed by atoms with Gasteiger partial charge in [0.15, 0.2) is 6.10 Å². The van der Waals surface area contributed by atoms with Crippen LogP contribution in [0.2, 0.25) is 0 Å². The van der Waals surface area contributed by atoms with Crippen LogP contribution in [0.1, 0.15) is 30.1 Å². The number of morpholine rings is 1. The molecule has 3 rings (SSSR count). The molecule has 26 heavy (non-hydrogen) atoms. The Morgan fingerprint density at radius 2 is 1.81 bits per heavy atom. The maximum atomic E-state index is 12.7. The van der Waals surface area contributed by atoms with E-state index in [0.29, 0.717) is 19.7 Å². The quantitative estimate of drug-likeness (QED) is 0.864. The minimum Gasteiger partial charge on any atom is -0.378 e. The van der Waals surface area contributed by atoms with E-state index in [-0.39, 0.29) is 11.2 Å². The van der Waals surface area contributed by atoms with Gasteiger partial charge in [0.1, 0.15) is 0 Å². The fourth-order valence-electron chi connectivity index (χ4n) is 3.53. The number of nitrogens with zero attached hydrogens (tertiary/aromatic N) is 2. The van der Waals surface area contributed by atoms with Crippen molar-refractivity contribution < 1.29 is 27.8 Å². The van der Waals surface area contributed by atoms with Crippen molar-refractivity contribution in [2.75, 3.05) is 39.8 Å². The highest BCUT2D eigenvalue weighted by atomic mass is 19.4. The molecule has 0 saturated carbocycles. The smallest absolute Gasteiger partial charge is 0.378 e. The molecule has 144 valence electrons. The number of hydrogen-bond acceptors (Lipinski definition) is 4. The Hall–Kier alpha value is -1.64. The number of likely N-dealkylation sites (tertiary alicyclic amines) is 1. The lowest BCUT2D eigenvalue weighted by molar-refractivity contribution is -0.165. The molecule has 2 fully saturated rings. The number of alkyl halides is 3. The van der Waals surface area contributed by atoms with Crippen molar-refractivity contribution >= 4 is 5.91 Å². The van der Waals surface area contributed by atoms with Crippen LogP contribution >= 0.6 is 0 Å². The van der Waals surface area contributed by atoms with Crippen molar-refractivity contribution in [1.82, 2.24) is 9.80 Å². The fraction of sp³-hybridized carbons (Fsp3) is 0.611. The first-order chi connectivity index (χ1) is 12.2. The first kappa shape index (κ1) is 19.1. The Bertz CT molecular complexity index is 640. The van der Waals surface area contributed by atoms with Crippen LogP contribution in [-0.4, -0.2) is 66.2 Å². The van der Waals surface area contributed by atoms with Gasteiger partial charge < -0.3 is 19.6 Å². The van der Waals surface area contributed by atoms with Gasteiger partial charge in [0, 0.05) is 26.2 Å². The van der Waals surface area contributed by atoms with Gasteiger partial charge in [-0.25, -0.2) is 0 Å². The third-order valence-electron chi connectivity index (χ3n) is 5.25. The van der Waals surface area contributed by atoms with E-state index < -0.39 is 23.8 Å². The van der Waals surface area contributed by atoms with Crippen LogP contribution in [0.3, 0.4) is 0 Å². The zero-order chi connectivity index (χ0) is 18.9. The van der Waals surface area contributed by atoms with Crippen molar-refractivity contribution in [2.24, 2.45) is 0 Å². The number of amides is 1. The molecule has 5 nitrogen and oxygen atoms in total. The summed E-state index contributed by atoms with van der Waals surface area (Å²) in [4.78, 5) is 16.4. The molecule has 1 aromatic carbocycles. The number of rotatable bonds is 2. The molecule has 0 radical (unpaired) electrons. The van der Waals surface area contributed by atoms with E-state index in [1.807, 2.05) is 7.05 Å². The number of aliphatic hydroxyl groups is 1. The van der Waals surface area contributed by atoms with E-state index in [4.69, 9.17) is 4.74 Å². The first-order valence-corrected chi connectivity index (χ1v) is 8.67. The van der Waals surface area contributed by atoms with E-state index in [0.717, 1.165) is 50.2 Å². The van der Waals surface area contributed by atoms with E-state index in [2.05, 4.69) is 4.90 Å². The lowest BCUT2D eigenvalue weighted by Gasteiger charge is -2.47. The molecule has 0 aliphatic carbocycles. The second kappa shape index (κ2) is 7.17. The number of piperidine rings is 1. The van der Waals surface area contributed by atoms with E-state index in [9.17, 15) is 23.1 Å². The zero-order valence-corrected chi connectivity index (χ0v) is 14.6. The van der Waals surface area contributed by atoms with Crippen LogP contribution in [-0.2, 0) is 15.7 Å². The summed E-state index contributed by atoms with van der Waals surface area (Å²) < 4.78 is 43.9. The molecule has 1 N–H and O–H groups in total. The molecule has 1 atom stereocenters. The number of hydrogen-bond donors (Lipinski definition) is 1. The fourth-order valence-corrected chi connectivity index (χ4v) is 3.53. The van der Waals surface area contributed by atoms with Gasteiger partial charge in [-0.2, -0.15) is 13.2 Å². The summed E-state index contributed by atoms with van der Waals surface area (Å²) >= 11 is 0. The van der Waals surface area contributed by atoms with Crippen LogP contribution in [0.4, 0.5) is 13.2 Å². The molecular weight excluding hydrogens is 349 g/mol. The third kappa shape index (κ3) is 4.02. The number of ether oxygens (including phenoxy) is 1. The van der Waals surface area contributed by atoms with Crippen LogP contribution in [0, 0.1) is 0 Å². The maximum Gasteiger partial charge on any atom is 0.416 e. The molecule has 1 amide bonds. The topological polar surface area (TPSA) is 53.0 Å². The summed E-state index contributed by atoms with van der Waals surface area (Å²) in [7, 11) is 2.03. The molecule has 2 heterocycles. The molecule has 2 aliphatic heterocycles. The summed E-state index contributed by atoms with van der Waals surface area (Å²) in [5, 5.41) is 10.3. The minimum atomic E-state index is -4.45. The average Bonchev–Trinajstić information content (AvgIpc) is 2.63. The molecule has 1 aromatic rings. The summed E-state index contributed by atoms with van der Waals surface area (Å²) in [6.45, 7) is 2.92. The van der Waals surface area contributed by atoms with Gasteiger partial charge in [0.05, 0.1) is 17.8 Å². The van der Waals surface area contributed by atoms with Crippen LogP contribution in [0.5, 0.6) is 0 Å². The van der Waals surface area contributed by atoms with Crippen LogP contribution in [0.25, 0.3) is 0 Å². The lowest BCUT2D eigenvalue weighted by atomic mass is 9.89. The summed E-state index contributed by atoms with van der Waals surface area (Å²) in [6.07, 6.45) is -4.30. The summed E-state index contributed by atoms with van der Waals surface area (Å²) in [5.74, 6) is -0.494. The zero-order valence-electron chi connectivity index (χ0n) is 14.6. The highest BCUT2D eigenvalue weighted by Crippen LogP contribution is 2.32. The Kier molecular flexibility index (Phi) is 5.28.